The average molecular weight is 278 g/mol. The van der Waals surface area contributed by atoms with Gasteiger partial charge in [0.05, 0.1) is 5.75 Å². The molecular formula is C13H18N4OS. The van der Waals surface area contributed by atoms with Gasteiger partial charge in [-0.3, -0.25) is 0 Å². The highest BCUT2D eigenvalue weighted by atomic mass is 32.2. The van der Waals surface area contributed by atoms with Crippen LogP contribution in [0.15, 0.2) is 22.9 Å². The number of aryl methyl sites for hydroxylation is 1. The zero-order valence-corrected chi connectivity index (χ0v) is 12.3. The number of aromatic nitrogens is 3. The molecule has 0 aliphatic carbocycles. The van der Waals surface area contributed by atoms with Crippen molar-refractivity contribution in [3.63, 3.8) is 0 Å². The largest absolute Gasteiger partial charge is 0.363 e. The van der Waals surface area contributed by atoms with Crippen LogP contribution in [0.3, 0.4) is 0 Å². The summed E-state index contributed by atoms with van der Waals surface area (Å²) in [6.45, 7) is 2.02. The highest BCUT2D eigenvalue weighted by molar-refractivity contribution is 7.97. The van der Waals surface area contributed by atoms with Crippen molar-refractivity contribution in [2.75, 3.05) is 19.0 Å². The highest BCUT2D eigenvalue weighted by Gasteiger charge is 2.05. The van der Waals surface area contributed by atoms with Gasteiger partial charge < -0.3 is 9.42 Å². The molecule has 2 rings (SSSR count). The Hall–Kier alpha value is -1.56. The molecule has 0 saturated carbocycles. The van der Waals surface area contributed by atoms with Crippen molar-refractivity contribution in [2.24, 2.45) is 0 Å². The lowest BCUT2D eigenvalue weighted by atomic mass is 10.3. The van der Waals surface area contributed by atoms with Gasteiger partial charge in [0.1, 0.15) is 5.82 Å². The minimum Gasteiger partial charge on any atom is -0.363 e. The second-order valence-electron chi connectivity index (χ2n) is 4.37. The van der Waals surface area contributed by atoms with Crippen LogP contribution in [0.5, 0.6) is 0 Å². The molecule has 19 heavy (non-hydrogen) atoms. The number of anilines is 1. The van der Waals surface area contributed by atoms with E-state index < -0.39 is 0 Å². The summed E-state index contributed by atoms with van der Waals surface area (Å²) in [5.74, 6) is 4.10. The van der Waals surface area contributed by atoms with Gasteiger partial charge in [0.15, 0.2) is 5.82 Å². The van der Waals surface area contributed by atoms with E-state index in [4.69, 9.17) is 4.52 Å². The van der Waals surface area contributed by atoms with Gasteiger partial charge in [0, 0.05) is 32.5 Å². The summed E-state index contributed by atoms with van der Waals surface area (Å²) in [6.07, 6.45) is 2.65. The number of hydrogen-bond donors (Lipinski definition) is 0. The summed E-state index contributed by atoms with van der Waals surface area (Å²) in [6, 6.07) is 4.13. The van der Waals surface area contributed by atoms with Crippen LogP contribution in [0.4, 0.5) is 5.82 Å². The van der Waals surface area contributed by atoms with Crippen molar-refractivity contribution in [3.8, 4) is 0 Å². The van der Waals surface area contributed by atoms with E-state index in [1.165, 1.54) is 5.56 Å². The molecule has 2 aromatic rings. The molecule has 0 unspecified atom stereocenters. The zero-order chi connectivity index (χ0) is 13.7. The van der Waals surface area contributed by atoms with E-state index in [0.717, 1.165) is 29.6 Å². The topological polar surface area (TPSA) is 55.1 Å². The van der Waals surface area contributed by atoms with Crippen molar-refractivity contribution in [1.82, 2.24) is 15.1 Å². The van der Waals surface area contributed by atoms with Crippen molar-refractivity contribution in [3.05, 3.63) is 35.6 Å². The van der Waals surface area contributed by atoms with E-state index in [9.17, 15) is 0 Å². The summed E-state index contributed by atoms with van der Waals surface area (Å²) in [4.78, 5) is 10.6. The van der Waals surface area contributed by atoms with E-state index in [-0.39, 0.29) is 0 Å². The van der Waals surface area contributed by atoms with Crippen molar-refractivity contribution >= 4 is 17.6 Å². The standard InChI is InChI=1S/C13H18N4OS/c1-4-11-15-13(18-16-11)9-19-8-10-5-6-14-12(7-10)17(2)3/h5-7H,4,8-9H2,1-3H3. The number of hydrogen-bond acceptors (Lipinski definition) is 6. The SMILES string of the molecule is CCc1noc(CSCc2ccnc(N(C)C)c2)n1. The van der Waals surface area contributed by atoms with Gasteiger partial charge in [-0.1, -0.05) is 12.1 Å². The number of pyridine rings is 1. The van der Waals surface area contributed by atoms with Gasteiger partial charge in [-0.2, -0.15) is 4.98 Å². The van der Waals surface area contributed by atoms with Gasteiger partial charge in [-0.15, -0.1) is 11.8 Å². The lowest BCUT2D eigenvalue weighted by Crippen LogP contribution is -2.10. The number of nitrogens with zero attached hydrogens (tertiary/aromatic N) is 4. The summed E-state index contributed by atoms with van der Waals surface area (Å²) >= 11 is 1.76. The Bertz CT molecular complexity index is 527. The molecule has 2 aromatic heterocycles. The van der Waals surface area contributed by atoms with Crippen LogP contribution in [0.1, 0.15) is 24.2 Å². The molecule has 0 atom stereocenters. The normalized spacial score (nSPS) is 10.7. The Labute approximate surface area is 117 Å². The van der Waals surface area contributed by atoms with E-state index in [2.05, 4.69) is 21.2 Å². The van der Waals surface area contributed by atoms with E-state index in [1.807, 2.05) is 38.2 Å². The molecule has 2 heterocycles. The second-order valence-corrected chi connectivity index (χ2v) is 5.35. The van der Waals surface area contributed by atoms with Crippen LogP contribution in [-0.4, -0.2) is 29.2 Å². The van der Waals surface area contributed by atoms with Gasteiger partial charge in [0.25, 0.3) is 0 Å². The summed E-state index contributed by atoms with van der Waals surface area (Å²) < 4.78 is 5.15. The zero-order valence-electron chi connectivity index (χ0n) is 11.5. The average Bonchev–Trinajstić information content (AvgIpc) is 2.87. The van der Waals surface area contributed by atoms with Crippen molar-refractivity contribution < 1.29 is 4.52 Å². The fourth-order valence-electron chi connectivity index (χ4n) is 1.54. The molecule has 5 nitrogen and oxygen atoms in total. The predicted molar refractivity (Wildman–Crippen MR) is 77.2 cm³/mol. The summed E-state index contributed by atoms with van der Waals surface area (Å²) in [5, 5.41) is 3.88. The Morgan fingerprint density at radius 3 is 2.84 bits per heavy atom. The van der Waals surface area contributed by atoms with Crippen LogP contribution in [0.2, 0.25) is 0 Å². The van der Waals surface area contributed by atoms with Crippen LogP contribution in [-0.2, 0) is 17.9 Å². The third-order valence-electron chi connectivity index (χ3n) is 2.59. The quantitative estimate of drug-likeness (QED) is 0.809. The molecule has 0 aromatic carbocycles. The fraction of sp³-hybridized carbons (Fsp3) is 0.462. The van der Waals surface area contributed by atoms with E-state index in [0.29, 0.717) is 5.89 Å². The van der Waals surface area contributed by atoms with Gasteiger partial charge in [-0.05, 0) is 17.7 Å². The first-order chi connectivity index (χ1) is 9.19. The smallest absolute Gasteiger partial charge is 0.236 e. The second kappa shape index (κ2) is 6.56. The fourth-order valence-corrected chi connectivity index (χ4v) is 2.35. The first-order valence-corrected chi connectivity index (χ1v) is 7.36. The molecule has 0 aliphatic heterocycles. The van der Waals surface area contributed by atoms with Crippen LogP contribution >= 0.6 is 11.8 Å². The Kier molecular flexibility index (Phi) is 4.79. The van der Waals surface area contributed by atoms with Gasteiger partial charge in [0.2, 0.25) is 5.89 Å². The maximum absolute atomic E-state index is 5.15. The molecule has 0 fully saturated rings. The molecule has 0 bridgehead atoms. The van der Waals surface area contributed by atoms with E-state index in [1.54, 1.807) is 11.8 Å². The molecule has 0 aliphatic rings. The first-order valence-electron chi connectivity index (χ1n) is 6.20. The summed E-state index contributed by atoms with van der Waals surface area (Å²) in [7, 11) is 3.98. The summed E-state index contributed by atoms with van der Waals surface area (Å²) in [5.41, 5.74) is 1.25. The predicted octanol–water partition coefficient (Wildman–Crippen LogP) is 2.53. The number of rotatable bonds is 6. The van der Waals surface area contributed by atoms with Gasteiger partial charge in [-0.25, -0.2) is 4.98 Å². The Balaban J connectivity index is 1.86. The highest BCUT2D eigenvalue weighted by Crippen LogP contribution is 2.19. The minimum atomic E-state index is 0.698. The van der Waals surface area contributed by atoms with E-state index >= 15 is 0 Å². The molecular weight excluding hydrogens is 260 g/mol. The molecule has 102 valence electrons. The van der Waals surface area contributed by atoms with Crippen molar-refractivity contribution in [1.29, 1.82) is 0 Å². The maximum Gasteiger partial charge on any atom is 0.236 e. The monoisotopic (exact) mass is 278 g/mol. The lowest BCUT2D eigenvalue weighted by Gasteiger charge is -2.11. The molecule has 6 heteroatoms. The Morgan fingerprint density at radius 2 is 2.16 bits per heavy atom. The molecule has 0 N–H and O–H groups in total. The molecule has 0 radical (unpaired) electrons. The van der Waals surface area contributed by atoms with Crippen LogP contribution in [0, 0.1) is 0 Å². The Morgan fingerprint density at radius 1 is 1.32 bits per heavy atom. The number of thioether (sulfide) groups is 1. The first kappa shape index (κ1) is 13.9. The molecule has 0 amide bonds. The lowest BCUT2D eigenvalue weighted by molar-refractivity contribution is 0.385. The maximum atomic E-state index is 5.15. The van der Waals surface area contributed by atoms with Crippen LogP contribution in [0.25, 0.3) is 0 Å². The van der Waals surface area contributed by atoms with Crippen molar-refractivity contribution in [2.45, 2.75) is 24.9 Å². The third kappa shape index (κ3) is 3.96. The van der Waals surface area contributed by atoms with Gasteiger partial charge >= 0.3 is 0 Å². The third-order valence-corrected chi connectivity index (χ3v) is 3.58. The molecule has 0 spiro atoms. The van der Waals surface area contributed by atoms with Crippen LogP contribution < -0.4 is 4.90 Å². The minimum absolute atomic E-state index is 0.698. The molecule has 0 saturated heterocycles.